The minimum Gasteiger partial charge on any atom is -0.488 e. The van der Waals surface area contributed by atoms with Crippen molar-refractivity contribution in [1.82, 2.24) is 5.32 Å². The van der Waals surface area contributed by atoms with Crippen LogP contribution in [0.1, 0.15) is 24.5 Å². The predicted molar refractivity (Wildman–Crippen MR) is 108 cm³/mol. The predicted octanol–water partition coefficient (Wildman–Crippen LogP) is 4.28. The molecule has 0 amide bonds. The van der Waals surface area contributed by atoms with Gasteiger partial charge in [0.2, 0.25) is 0 Å². The lowest BCUT2D eigenvalue weighted by molar-refractivity contribution is -0.153. The van der Waals surface area contributed by atoms with Gasteiger partial charge in [0.1, 0.15) is 12.7 Å². The largest absolute Gasteiger partial charge is 0.488 e. The average Bonchev–Trinajstić information content (AvgIpc) is 3.12. The van der Waals surface area contributed by atoms with Crippen LogP contribution >= 0.6 is 0 Å². The molecule has 0 aromatic heterocycles. The first-order chi connectivity index (χ1) is 14.4. The molecule has 1 aliphatic rings. The number of ether oxygens (including phenoxy) is 2. The Labute approximate surface area is 173 Å². The molecule has 5 nitrogen and oxygen atoms in total. The summed E-state index contributed by atoms with van der Waals surface area (Å²) in [5.41, 5.74) is 2.75. The van der Waals surface area contributed by atoms with Crippen LogP contribution in [0.25, 0.3) is 0 Å². The fourth-order valence-electron chi connectivity index (χ4n) is 3.52. The maximum Gasteiger partial charge on any atom is 0.422 e. The Morgan fingerprint density at radius 3 is 2.60 bits per heavy atom. The highest BCUT2D eigenvalue weighted by Gasteiger charge is 2.29. The standard InChI is InChI=1S/C22H24F3N3O2/c1-15(11-18-12-16-5-4-6-17(13-26)21(16)28-18)27-9-10-29-19-7-2-3-8-20(19)30-14-22(23,24)25/h2-8,15,18,27-28H,9-12,14H2,1H3. The van der Waals surface area contributed by atoms with Crippen LogP contribution in [0, 0.1) is 11.3 Å². The van der Waals surface area contributed by atoms with E-state index in [1.165, 1.54) is 6.07 Å². The van der Waals surface area contributed by atoms with Crippen molar-refractivity contribution >= 4 is 5.69 Å². The van der Waals surface area contributed by atoms with E-state index in [-0.39, 0.29) is 23.6 Å². The van der Waals surface area contributed by atoms with Crippen LogP contribution in [-0.2, 0) is 6.42 Å². The van der Waals surface area contributed by atoms with Crippen molar-refractivity contribution in [2.75, 3.05) is 25.1 Å². The molecule has 2 aromatic carbocycles. The highest BCUT2D eigenvalue weighted by atomic mass is 19.4. The summed E-state index contributed by atoms with van der Waals surface area (Å²) in [6.07, 6.45) is -2.66. The number of fused-ring (bicyclic) bond motifs is 1. The molecule has 3 rings (SSSR count). The van der Waals surface area contributed by atoms with Gasteiger partial charge in [0.05, 0.1) is 11.3 Å². The van der Waals surface area contributed by atoms with Crippen molar-refractivity contribution in [3.63, 3.8) is 0 Å². The van der Waals surface area contributed by atoms with Gasteiger partial charge in [-0.3, -0.25) is 0 Å². The molecule has 0 aliphatic carbocycles. The zero-order chi connectivity index (χ0) is 21.6. The molecule has 1 aliphatic heterocycles. The molecule has 0 spiro atoms. The number of halogens is 3. The first kappa shape index (κ1) is 21.8. The fraction of sp³-hybridized carbons (Fsp3) is 0.409. The molecule has 0 radical (unpaired) electrons. The lowest BCUT2D eigenvalue weighted by Gasteiger charge is -2.19. The molecular weight excluding hydrogens is 395 g/mol. The molecule has 0 bridgehead atoms. The topological polar surface area (TPSA) is 66.3 Å². The van der Waals surface area contributed by atoms with Crippen LogP contribution in [0.5, 0.6) is 11.5 Å². The maximum absolute atomic E-state index is 12.4. The van der Waals surface area contributed by atoms with Gasteiger partial charge in [0.25, 0.3) is 0 Å². The van der Waals surface area contributed by atoms with Crippen LogP contribution in [0.2, 0.25) is 0 Å². The first-order valence-electron chi connectivity index (χ1n) is 9.79. The van der Waals surface area contributed by atoms with Gasteiger partial charge in [-0.2, -0.15) is 18.4 Å². The van der Waals surface area contributed by atoms with E-state index in [9.17, 15) is 18.4 Å². The van der Waals surface area contributed by atoms with E-state index in [4.69, 9.17) is 9.47 Å². The Balaban J connectivity index is 1.41. The Bertz CT molecular complexity index is 896. The van der Waals surface area contributed by atoms with Gasteiger partial charge in [-0.1, -0.05) is 24.3 Å². The number of anilines is 1. The number of nitrogens with one attached hydrogen (secondary N) is 2. The molecular formula is C22H24F3N3O2. The molecule has 160 valence electrons. The summed E-state index contributed by atoms with van der Waals surface area (Å²) in [4.78, 5) is 0. The Morgan fingerprint density at radius 2 is 1.90 bits per heavy atom. The van der Waals surface area contributed by atoms with E-state index in [0.29, 0.717) is 18.7 Å². The van der Waals surface area contributed by atoms with Crippen LogP contribution in [-0.4, -0.2) is 38.0 Å². The number of alkyl halides is 3. The highest BCUT2D eigenvalue weighted by molar-refractivity contribution is 5.66. The van der Waals surface area contributed by atoms with Crippen LogP contribution in [0.3, 0.4) is 0 Å². The smallest absolute Gasteiger partial charge is 0.422 e. The van der Waals surface area contributed by atoms with Crippen molar-refractivity contribution in [2.24, 2.45) is 0 Å². The Morgan fingerprint density at radius 1 is 1.17 bits per heavy atom. The summed E-state index contributed by atoms with van der Waals surface area (Å²) < 4.78 is 47.5. The van der Waals surface area contributed by atoms with Crippen molar-refractivity contribution in [2.45, 2.75) is 38.0 Å². The second-order valence-corrected chi connectivity index (χ2v) is 7.29. The van der Waals surface area contributed by atoms with Gasteiger partial charge >= 0.3 is 6.18 Å². The third kappa shape index (κ3) is 6.04. The van der Waals surface area contributed by atoms with E-state index >= 15 is 0 Å². The number of nitriles is 1. The molecule has 2 unspecified atom stereocenters. The van der Waals surface area contributed by atoms with E-state index in [0.717, 1.165) is 24.1 Å². The van der Waals surface area contributed by atoms with Crippen LogP contribution in [0.15, 0.2) is 42.5 Å². The summed E-state index contributed by atoms with van der Waals surface area (Å²) in [6.45, 7) is 1.55. The van der Waals surface area contributed by atoms with Gasteiger partial charge < -0.3 is 20.1 Å². The van der Waals surface area contributed by atoms with Crippen molar-refractivity contribution in [3.8, 4) is 17.6 Å². The fourth-order valence-corrected chi connectivity index (χ4v) is 3.52. The van der Waals surface area contributed by atoms with Gasteiger partial charge in [-0.05, 0) is 43.5 Å². The number of para-hydroxylation sites is 3. The molecule has 2 atom stereocenters. The van der Waals surface area contributed by atoms with E-state index < -0.39 is 12.8 Å². The van der Waals surface area contributed by atoms with Crippen molar-refractivity contribution in [3.05, 3.63) is 53.6 Å². The molecule has 0 saturated heterocycles. The van der Waals surface area contributed by atoms with Crippen molar-refractivity contribution < 1.29 is 22.6 Å². The van der Waals surface area contributed by atoms with Crippen LogP contribution < -0.4 is 20.1 Å². The maximum atomic E-state index is 12.4. The molecule has 2 N–H and O–H groups in total. The number of rotatable bonds is 9. The summed E-state index contributed by atoms with van der Waals surface area (Å²) in [6, 6.07) is 14.7. The lowest BCUT2D eigenvalue weighted by Crippen LogP contribution is -2.34. The zero-order valence-corrected chi connectivity index (χ0v) is 16.6. The zero-order valence-electron chi connectivity index (χ0n) is 16.6. The third-order valence-electron chi connectivity index (χ3n) is 4.82. The molecule has 1 heterocycles. The van der Waals surface area contributed by atoms with Gasteiger partial charge in [0, 0.05) is 18.6 Å². The quantitative estimate of drug-likeness (QED) is 0.594. The molecule has 8 heteroatoms. The number of benzene rings is 2. The summed E-state index contributed by atoms with van der Waals surface area (Å²) >= 11 is 0. The molecule has 0 saturated carbocycles. The first-order valence-corrected chi connectivity index (χ1v) is 9.79. The van der Waals surface area contributed by atoms with Crippen molar-refractivity contribution in [1.29, 1.82) is 5.26 Å². The SMILES string of the molecule is CC(CC1Cc2cccc(C#N)c2N1)NCCOc1ccccc1OCC(F)(F)F. The highest BCUT2D eigenvalue weighted by Crippen LogP contribution is 2.31. The number of hydrogen-bond donors (Lipinski definition) is 2. The van der Waals surface area contributed by atoms with Gasteiger partial charge in [0.15, 0.2) is 18.1 Å². The monoisotopic (exact) mass is 419 g/mol. The van der Waals surface area contributed by atoms with Gasteiger partial charge in [-0.25, -0.2) is 0 Å². The summed E-state index contributed by atoms with van der Waals surface area (Å²) in [5, 5.41) is 16.0. The summed E-state index contributed by atoms with van der Waals surface area (Å²) in [5.74, 6) is 0.359. The summed E-state index contributed by atoms with van der Waals surface area (Å²) in [7, 11) is 0. The normalized spacial score (nSPS) is 16.3. The van der Waals surface area contributed by atoms with Crippen LogP contribution in [0.4, 0.5) is 18.9 Å². The number of hydrogen-bond acceptors (Lipinski definition) is 5. The second-order valence-electron chi connectivity index (χ2n) is 7.29. The third-order valence-corrected chi connectivity index (χ3v) is 4.82. The minimum atomic E-state index is -4.40. The number of nitrogens with zero attached hydrogens (tertiary/aromatic N) is 1. The minimum absolute atomic E-state index is 0.0732. The lowest BCUT2D eigenvalue weighted by atomic mass is 10.0. The average molecular weight is 419 g/mol. The molecule has 2 aromatic rings. The van der Waals surface area contributed by atoms with E-state index in [1.54, 1.807) is 18.2 Å². The van der Waals surface area contributed by atoms with E-state index in [2.05, 4.69) is 23.6 Å². The Kier molecular flexibility index (Phi) is 7.06. The van der Waals surface area contributed by atoms with E-state index in [1.807, 2.05) is 18.2 Å². The molecule has 30 heavy (non-hydrogen) atoms. The Hall–Kier alpha value is -2.92. The second kappa shape index (κ2) is 9.72. The molecule has 0 fully saturated rings. The van der Waals surface area contributed by atoms with Gasteiger partial charge in [-0.15, -0.1) is 0 Å².